The van der Waals surface area contributed by atoms with E-state index in [4.69, 9.17) is 15.3 Å². The fourth-order valence-electron chi connectivity index (χ4n) is 2.06. The molecule has 1 atom stereocenters. The van der Waals surface area contributed by atoms with Gasteiger partial charge in [-0.05, 0) is 24.8 Å². The van der Waals surface area contributed by atoms with Gasteiger partial charge in [-0.2, -0.15) is 0 Å². The normalized spacial score (nSPS) is 22.0. The van der Waals surface area contributed by atoms with Crippen LogP contribution in [-0.2, 0) is 6.54 Å². The number of rotatable bonds is 3. The minimum atomic E-state index is 0.265. The van der Waals surface area contributed by atoms with E-state index >= 15 is 0 Å². The third-order valence-corrected chi connectivity index (χ3v) is 2.94. The lowest BCUT2D eigenvalue weighted by Crippen LogP contribution is -2.36. The van der Waals surface area contributed by atoms with E-state index in [-0.39, 0.29) is 6.61 Å². The van der Waals surface area contributed by atoms with E-state index in [1.807, 2.05) is 12.1 Å². The van der Waals surface area contributed by atoms with Gasteiger partial charge < -0.3 is 20.2 Å². The zero-order valence-electron chi connectivity index (χ0n) is 8.85. The molecule has 1 aromatic heterocycles. The number of anilines is 1. The fourth-order valence-corrected chi connectivity index (χ4v) is 2.06. The van der Waals surface area contributed by atoms with E-state index in [1.54, 1.807) is 0 Å². The van der Waals surface area contributed by atoms with Crippen LogP contribution < -0.4 is 10.6 Å². The molecule has 4 nitrogen and oxygen atoms in total. The predicted octanol–water partition coefficient (Wildman–Crippen LogP) is 0.947. The molecule has 0 radical (unpaired) electrons. The molecule has 84 valence electrons. The molecule has 15 heavy (non-hydrogen) atoms. The number of furan rings is 1. The maximum atomic E-state index is 9.13. The van der Waals surface area contributed by atoms with E-state index in [9.17, 15) is 0 Å². The van der Waals surface area contributed by atoms with Crippen LogP contribution in [0.1, 0.15) is 18.6 Å². The Bertz CT molecular complexity index is 311. The zero-order chi connectivity index (χ0) is 10.7. The Hall–Kier alpha value is -1.00. The lowest BCUT2D eigenvalue weighted by molar-refractivity contribution is 0.207. The molecular formula is C11H18N2O2. The molecule has 2 heterocycles. The first kappa shape index (κ1) is 10.5. The first-order chi connectivity index (χ1) is 7.33. The highest BCUT2D eigenvalue weighted by Crippen LogP contribution is 2.24. The van der Waals surface area contributed by atoms with Crippen molar-refractivity contribution < 1.29 is 9.52 Å². The van der Waals surface area contributed by atoms with Gasteiger partial charge >= 0.3 is 0 Å². The van der Waals surface area contributed by atoms with Crippen molar-refractivity contribution in [2.45, 2.75) is 19.4 Å². The van der Waals surface area contributed by atoms with Crippen LogP contribution in [0.4, 0.5) is 5.88 Å². The Labute approximate surface area is 89.7 Å². The molecule has 1 fully saturated rings. The minimum absolute atomic E-state index is 0.265. The molecular weight excluding hydrogens is 192 g/mol. The van der Waals surface area contributed by atoms with Crippen molar-refractivity contribution in [2.75, 3.05) is 24.6 Å². The third-order valence-electron chi connectivity index (χ3n) is 2.94. The van der Waals surface area contributed by atoms with E-state index in [1.165, 1.54) is 0 Å². The maximum Gasteiger partial charge on any atom is 0.195 e. The Morgan fingerprint density at radius 2 is 2.40 bits per heavy atom. The van der Waals surface area contributed by atoms with Gasteiger partial charge in [-0.1, -0.05) is 0 Å². The molecule has 1 saturated heterocycles. The lowest BCUT2D eigenvalue weighted by atomic mass is 9.99. The standard InChI is InChI=1S/C11H18N2O2/c12-6-10-3-4-11(15-10)13-5-1-2-9(7-13)8-14/h3-4,9,14H,1-2,5-8,12H2. The van der Waals surface area contributed by atoms with Gasteiger partial charge in [0.15, 0.2) is 5.88 Å². The highest BCUT2D eigenvalue weighted by molar-refractivity contribution is 5.37. The topological polar surface area (TPSA) is 62.6 Å². The summed E-state index contributed by atoms with van der Waals surface area (Å²) in [4.78, 5) is 2.18. The van der Waals surface area contributed by atoms with Crippen LogP contribution in [0.15, 0.2) is 16.5 Å². The first-order valence-electron chi connectivity index (χ1n) is 5.48. The van der Waals surface area contributed by atoms with Crippen LogP contribution in [-0.4, -0.2) is 24.8 Å². The Morgan fingerprint density at radius 3 is 3.07 bits per heavy atom. The molecule has 0 aromatic carbocycles. The van der Waals surface area contributed by atoms with Gasteiger partial charge in [0, 0.05) is 25.8 Å². The quantitative estimate of drug-likeness (QED) is 0.779. The van der Waals surface area contributed by atoms with Gasteiger partial charge in [0.1, 0.15) is 5.76 Å². The second-order valence-electron chi connectivity index (χ2n) is 4.08. The number of hydrogen-bond donors (Lipinski definition) is 2. The highest BCUT2D eigenvalue weighted by Gasteiger charge is 2.21. The van der Waals surface area contributed by atoms with Crippen LogP contribution in [0.3, 0.4) is 0 Å². The molecule has 0 bridgehead atoms. The summed E-state index contributed by atoms with van der Waals surface area (Å²) in [6.07, 6.45) is 2.22. The Balaban J connectivity index is 2.03. The average molecular weight is 210 g/mol. The van der Waals surface area contributed by atoms with E-state index in [2.05, 4.69) is 4.90 Å². The fraction of sp³-hybridized carbons (Fsp3) is 0.636. The van der Waals surface area contributed by atoms with Gasteiger partial charge in [-0.3, -0.25) is 0 Å². The third kappa shape index (κ3) is 2.33. The smallest absolute Gasteiger partial charge is 0.195 e. The van der Waals surface area contributed by atoms with Crippen LogP contribution in [0, 0.1) is 5.92 Å². The molecule has 1 aliphatic heterocycles. The zero-order valence-corrected chi connectivity index (χ0v) is 8.85. The van der Waals surface area contributed by atoms with E-state index in [0.717, 1.165) is 37.6 Å². The van der Waals surface area contributed by atoms with Crippen LogP contribution in [0.2, 0.25) is 0 Å². The summed E-state index contributed by atoms with van der Waals surface area (Å²) < 4.78 is 5.58. The van der Waals surface area contributed by atoms with Gasteiger partial charge in [-0.25, -0.2) is 0 Å². The van der Waals surface area contributed by atoms with Crippen molar-refractivity contribution >= 4 is 5.88 Å². The second kappa shape index (κ2) is 4.68. The molecule has 2 rings (SSSR count). The summed E-state index contributed by atoms with van der Waals surface area (Å²) in [5.74, 6) is 2.08. The molecule has 0 spiro atoms. The molecule has 0 aliphatic carbocycles. The van der Waals surface area contributed by atoms with Crippen molar-refractivity contribution in [3.63, 3.8) is 0 Å². The van der Waals surface area contributed by atoms with E-state index < -0.39 is 0 Å². The predicted molar refractivity (Wildman–Crippen MR) is 58.6 cm³/mol. The summed E-state index contributed by atoms with van der Waals surface area (Å²) in [6.45, 7) is 2.60. The lowest BCUT2D eigenvalue weighted by Gasteiger charge is -2.31. The first-order valence-corrected chi connectivity index (χ1v) is 5.48. The summed E-state index contributed by atoms with van der Waals surface area (Å²) >= 11 is 0. The second-order valence-corrected chi connectivity index (χ2v) is 4.08. The number of nitrogens with two attached hydrogens (primary N) is 1. The van der Waals surface area contributed by atoms with E-state index in [0.29, 0.717) is 12.5 Å². The van der Waals surface area contributed by atoms with Gasteiger partial charge in [0.25, 0.3) is 0 Å². The molecule has 0 amide bonds. The van der Waals surface area contributed by atoms with Crippen LogP contribution >= 0.6 is 0 Å². The van der Waals surface area contributed by atoms with Crippen molar-refractivity contribution in [3.05, 3.63) is 17.9 Å². The molecule has 4 heteroatoms. The summed E-state index contributed by atoms with van der Waals surface area (Å²) in [7, 11) is 0. The van der Waals surface area contributed by atoms with Crippen molar-refractivity contribution in [1.29, 1.82) is 0 Å². The Kier molecular flexibility index (Phi) is 3.28. The van der Waals surface area contributed by atoms with Crippen molar-refractivity contribution in [3.8, 4) is 0 Å². The Morgan fingerprint density at radius 1 is 1.53 bits per heavy atom. The monoisotopic (exact) mass is 210 g/mol. The molecule has 1 aromatic rings. The molecule has 1 unspecified atom stereocenters. The number of aliphatic hydroxyl groups excluding tert-OH is 1. The highest BCUT2D eigenvalue weighted by atomic mass is 16.4. The SMILES string of the molecule is NCc1ccc(N2CCCC(CO)C2)o1. The summed E-state index contributed by atoms with van der Waals surface area (Å²) in [6, 6.07) is 3.87. The van der Waals surface area contributed by atoms with Crippen molar-refractivity contribution in [1.82, 2.24) is 0 Å². The largest absolute Gasteiger partial charge is 0.444 e. The summed E-state index contributed by atoms with van der Waals surface area (Å²) in [5, 5.41) is 9.13. The van der Waals surface area contributed by atoms with Gasteiger partial charge in [0.05, 0.1) is 6.54 Å². The maximum absolute atomic E-state index is 9.13. The number of hydrogen-bond acceptors (Lipinski definition) is 4. The number of aliphatic hydroxyl groups is 1. The molecule has 3 N–H and O–H groups in total. The van der Waals surface area contributed by atoms with Crippen LogP contribution in [0.5, 0.6) is 0 Å². The van der Waals surface area contributed by atoms with Gasteiger partial charge in [0.2, 0.25) is 0 Å². The van der Waals surface area contributed by atoms with Gasteiger partial charge in [-0.15, -0.1) is 0 Å². The van der Waals surface area contributed by atoms with Crippen LogP contribution in [0.25, 0.3) is 0 Å². The summed E-state index contributed by atoms with van der Waals surface area (Å²) in [5.41, 5.74) is 5.49. The molecule has 1 aliphatic rings. The number of nitrogens with zero attached hydrogens (tertiary/aromatic N) is 1. The minimum Gasteiger partial charge on any atom is -0.444 e. The molecule has 0 saturated carbocycles. The number of piperidine rings is 1. The average Bonchev–Trinajstić information content (AvgIpc) is 2.78. The van der Waals surface area contributed by atoms with Crippen molar-refractivity contribution in [2.24, 2.45) is 11.7 Å².